The summed E-state index contributed by atoms with van der Waals surface area (Å²) in [6, 6.07) is 0. The molecule has 46 heavy (non-hydrogen) atoms. The van der Waals surface area contributed by atoms with Crippen LogP contribution < -0.4 is 0 Å². The molecule has 12 atom stereocenters. The Morgan fingerprint density at radius 3 is 1.26 bits per heavy atom. The number of hydrogen-bond acceptors (Lipinski definition) is 2. The lowest BCUT2D eigenvalue weighted by Gasteiger charge is -2.60. The molecule has 0 radical (unpaired) electrons. The van der Waals surface area contributed by atoms with Crippen LogP contribution in [-0.2, 0) is 9.59 Å². The lowest BCUT2D eigenvalue weighted by molar-refractivity contribution is -0.143. The van der Waals surface area contributed by atoms with Crippen LogP contribution in [0.4, 0.5) is 0 Å². The summed E-state index contributed by atoms with van der Waals surface area (Å²) in [6.07, 6.45) is 33.6. The van der Waals surface area contributed by atoms with Crippen LogP contribution in [0.3, 0.4) is 0 Å². The van der Waals surface area contributed by atoms with Crippen molar-refractivity contribution in [1.82, 2.24) is 0 Å². The van der Waals surface area contributed by atoms with E-state index >= 15 is 0 Å². The van der Waals surface area contributed by atoms with Crippen molar-refractivity contribution in [2.45, 2.75) is 182 Å². The second-order valence-corrected chi connectivity index (χ2v) is 19.3. The molecule has 0 aromatic heterocycles. The molecule has 0 amide bonds. The van der Waals surface area contributed by atoms with E-state index in [0.717, 1.165) is 69.0 Å². The van der Waals surface area contributed by atoms with E-state index < -0.39 is 11.9 Å². The largest absolute Gasteiger partial charge is 0.481 e. The highest BCUT2D eigenvalue weighted by Crippen LogP contribution is 2.67. The Bertz CT molecular complexity index is 1000. The Hall–Kier alpha value is -1.06. The van der Waals surface area contributed by atoms with Crippen molar-refractivity contribution in [3.63, 3.8) is 0 Å². The van der Waals surface area contributed by atoms with Crippen molar-refractivity contribution in [2.75, 3.05) is 0 Å². The zero-order valence-electron chi connectivity index (χ0n) is 30.3. The van der Waals surface area contributed by atoms with Crippen LogP contribution in [-0.4, -0.2) is 22.2 Å². The quantitative estimate of drug-likeness (QED) is 0.322. The molecule has 0 bridgehead atoms. The van der Waals surface area contributed by atoms with Gasteiger partial charge in [-0.05, 0) is 172 Å². The minimum absolute atomic E-state index is 0.296. The average Bonchev–Trinajstić information content (AvgIpc) is 3.62. The summed E-state index contributed by atoms with van der Waals surface area (Å²) >= 11 is 0. The molecule has 0 aromatic carbocycles. The van der Waals surface area contributed by atoms with Gasteiger partial charge in [0.05, 0.1) is 12.8 Å². The van der Waals surface area contributed by atoms with Gasteiger partial charge in [0.25, 0.3) is 0 Å². The molecule has 8 saturated carbocycles. The number of carboxylic acid groups (broad SMARTS) is 2. The molecule has 0 spiro atoms. The van der Waals surface area contributed by atoms with Crippen LogP contribution in [0.5, 0.6) is 0 Å². The minimum Gasteiger partial charge on any atom is -0.481 e. The first-order chi connectivity index (χ1) is 21.9. The maximum absolute atomic E-state index is 9.64. The molecular formula is C42H70O4. The molecule has 0 aromatic rings. The number of carboxylic acids is 2. The van der Waals surface area contributed by atoms with Crippen molar-refractivity contribution < 1.29 is 19.8 Å². The number of fused-ring (bicyclic) bond motifs is 10. The first-order valence-corrected chi connectivity index (χ1v) is 20.3. The van der Waals surface area contributed by atoms with Crippen molar-refractivity contribution >= 4 is 11.9 Å². The highest BCUT2D eigenvalue weighted by molar-refractivity contribution is 5.75. The Morgan fingerprint density at radius 2 is 0.870 bits per heavy atom. The fourth-order valence-corrected chi connectivity index (χ4v) is 14.8. The third kappa shape index (κ3) is 6.48. The van der Waals surface area contributed by atoms with Gasteiger partial charge >= 0.3 is 11.9 Å². The van der Waals surface area contributed by atoms with Gasteiger partial charge in [-0.1, -0.05) is 66.2 Å². The maximum Gasteiger partial charge on any atom is 0.303 e. The average molecular weight is 639 g/mol. The van der Waals surface area contributed by atoms with Gasteiger partial charge < -0.3 is 10.2 Å². The Kier molecular flexibility index (Phi) is 10.4. The van der Waals surface area contributed by atoms with Crippen LogP contribution in [0.15, 0.2) is 0 Å². The predicted octanol–water partition coefficient (Wildman–Crippen LogP) is 11.6. The van der Waals surface area contributed by atoms with Gasteiger partial charge in [0.2, 0.25) is 0 Å². The fraction of sp³-hybridized carbons (Fsp3) is 0.952. The standard InChI is InChI=1S/2C19H32.C4H6O4/c2*1-18-11-5-7-16(18)15-9-8-14-6-3-4-12-19(14,2)17(15)10-13-18;5-3(6)1-2-4(7)8/h2*14-17H,3-13H2,1-2H3;1-2H2,(H,5,6)(H,7,8)/t2*14?,15-,16-,17-,18-,19-;/m00./s1. The molecule has 0 saturated heterocycles. The third-order valence-electron chi connectivity index (χ3n) is 17.3. The normalized spacial score (nSPS) is 48.7. The van der Waals surface area contributed by atoms with Gasteiger partial charge in [-0.3, -0.25) is 9.59 Å². The Balaban J connectivity index is 0.000000132. The van der Waals surface area contributed by atoms with E-state index in [-0.39, 0.29) is 12.8 Å². The van der Waals surface area contributed by atoms with Gasteiger partial charge in [0, 0.05) is 0 Å². The Morgan fingerprint density at radius 1 is 0.457 bits per heavy atom. The van der Waals surface area contributed by atoms with Crippen molar-refractivity contribution in [2.24, 2.45) is 69.0 Å². The van der Waals surface area contributed by atoms with E-state index in [1.165, 1.54) is 38.5 Å². The van der Waals surface area contributed by atoms with Crippen LogP contribution in [0.2, 0.25) is 0 Å². The second kappa shape index (κ2) is 13.7. The van der Waals surface area contributed by atoms with Gasteiger partial charge in [-0.2, -0.15) is 0 Å². The molecule has 8 fully saturated rings. The van der Waals surface area contributed by atoms with Gasteiger partial charge in [0.15, 0.2) is 0 Å². The molecule has 8 aliphatic carbocycles. The smallest absolute Gasteiger partial charge is 0.303 e. The molecule has 0 aliphatic heterocycles. The van der Waals surface area contributed by atoms with Crippen LogP contribution >= 0.6 is 0 Å². The van der Waals surface area contributed by atoms with Gasteiger partial charge in [-0.15, -0.1) is 0 Å². The molecule has 4 nitrogen and oxygen atoms in total. The summed E-state index contributed by atoms with van der Waals surface area (Å²) in [6.45, 7) is 10.7. The summed E-state index contributed by atoms with van der Waals surface area (Å²) in [4.78, 5) is 19.3. The lowest BCUT2D eigenvalue weighted by Crippen LogP contribution is -2.51. The number of rotatable bonds is 3. The van der Waals surface area contributed by atoms with E-state index in [0.29, 0.717) is 0 Å². The summed E-state index contributed by atoms with van der Waals surface area (Å²) in [5.41, 5.74) is 2.98. The van der Waals surface area contributed by atoms with Crippen LogP contribution in [0.1, 0.15) is 182 Å². The fourth-order valence-electron chi connectivity index (χ4n) is 14.8. The first-order valence-electron chi connectivity index (χ1n) is 20.3. The Labute approximate surface area is 282 Å². The van der Waals surface area contributed by atoms with Gasteiger partial charge in [-0.25, -0.2) is 0 Å². The number of aliphatic carboxylic acids is 2. The topological polar surface area (TPSA) is 74.6 Å². The van der Waals surface area contributed by atoms with Crippen LogP contribution in [0.25, 0.3) is 0 Å². The van der Waals surface area contributed by atoms with Crippen molar-refractivity contribution in [3.05, 3.63) is 0 Å². The highest BCUT2D eigenvalue weighted by Gasteiger charge is 2.58. The SMILES string of the molecule is C[C@@]12CCC[C@H]1[C@@H]1CCC3CCCC[C@]3(C)[C@H]1CC2.C[C@@]12CCC[C@H]1[C@@H]1CCC3CCCC[C@]3(C)[C@H]1CC2.O=C(O)CCC(=O)O. The molecular weight excluding hydrogens is 568 g/mol. The minimum atomic E-state index is -1.08. The van der Waals surface area contributed by atoms with Crippen LogP contribution in [0, 0.1) is 69.0 Å². The zero-order valence-corrected chi connectivity index (χ0v) is 30.3. The molecule has 0 heterocycles. The van der Waals surface area contributed by atoms with E-state index in [9.17, 15) is 9.59 Å². The third-order valence-corrected chi connectivity index (χ3v) is 17.3. The van der Waals surface area contributed by atoms with E-state index in [1.807, 2.05) is 0 Å². The summed E-state index contributed by atoms with van der Waals surface area (Å²) in [5.74, 6) is 6.66. The van der Waals surface area contributed by atoms with Crippen molar-refractivity contribution in [3.8, 4) is 0 Å². The predicted molar refractivity (Wildman–Crippen MR) is 186 cm³/mol. The number of carbonyl (C=O) groups is 2. The monoisotopic (exact) mass is 639 g/mol. The lowest BCUT2D eigenvalue weighted by atomic mass is 9.45. The summed E-state index contributed by atoms with van der Waals surface area (Å²) in [5, 5.41) is 15.8. The molecule has 8 rings (SSSR count). The molecule has 8 aliphatic rings. The molecule has 4 heteroatoms. The highest BCUT2D eigenvalue weighted by atomic mass is 16.4. The first kappa shape index (κ1) is 34.8. The summed E-state index contributed by atoms with van der Waals surface area (Å²) < 4.78 is 0. The van der Waals surface area contributed by atoms with E-state index in [1.54, 1.807) is 103 Å². The van der Waals surface area contributed by atoms with Gasteiger partial charge in [0.1, 0.15) is 0 Å². The zero-order chi connectivity index (χ0) is 32.7. The maximum atomic E-state index is 9.64. The van der Waals surface area contributed by atoms with E-state index in [2.05, 4.69) is 27.7 Å². The second-order valence-electron chi connectivity index (χ2n) is 19.3. The molecule has 262 valence electrons. The molecule has 2 unspecified atom stereocenters. The summed E-state index contributed by atoms with van der Waals surface area (Å²) in [7, 11) is 0. The van der Waals surface area contributed by atoms with E-state index in [4.69, 9.17) is 10.2 Å². The van der Waals surface area contributed by atoms with Crippen molar-refractivity contribution in [1.29, 1.82) is 0 Å². The molecule has 2 N–H and O–H groups in total. The number of hydrogen-bond donors (Lipinski definition) is 2.